The highest BCUT2D eigenvalue weighted by molar-refractivity contribution is 5.79. The molecule has 1 aliphatic heterocycles. The van der Waals surface area contributed by atoms with E-state index in [9.17, 15) is 14.3 Å². The molecule has 7 heteroatoms. The van der Waals surface area contributed by atoms with Crippen LogP contribution in [-0.4, -0.2) is 71.7 Å². The molecular formula is C16H23FN2O4. The second kappa shape index (κ2) is 8.59. The van der Waals surface area contributed by atoms with Gasteiger partial charge in [0, 0.05) is 13.1 Å². The summed E-state index contributed by atoms with van der Waals surface area (Å²) in [5.41, 5.74) is -0.167. The fourth-order valence-electron chi connectivity index (χ4n) is 2.72. The zero-order chi connectivity index (χ0) is 17.5. The number of likely N-dealkylation sites (tertiary alicyclic amines) is 1. The number of carbonyl (C=O) groups is 2. The molecule has 1 heterocycles. The smallest absolute Gasteiger partial charge is 0.290 e. The van der Waals surface area contributed by atoms with E-state index in [-0.39, 0.29) is 24.6 Å². The summed E-state index contributed by atoms with van der Waals surface area (Å²) in [6.45, 7) is 1.19. The molecule has 23 heavy (non-hydrogen) atoms. The van der Waals surface area contributed by atoms with Crippen molar-refractivity contribution in [2.75, 3.05) is 33.7 Å². The van der Waals surface area contributed by atoms with E-state index in [1.807, 2.05) is 19.0 Å². The van der Waals surface area contributed by atoms with Crippen molar-refractivity contribution in [3.63, 3.8) is 0 Å². The Morgan fingerprint density at radius 2 is 2.13 bits per heavy atom. The molecule has 128 valence electrons. The summed E-state index contributed by atoms with van der Waals surface area (Å²) in [5, 5.41) is 17.3. The second-order valence-corrected chi connectivity index (χ2v) is 5.94. The summed E-state index contributed by atoms with van der Waals surface area (Å²) in [4.78, 5) is 24.1. The van der Waals surface area contributed by atoms with E-state index in [1.165, 1.54) is 12.1 Å². The largest absolute Gasteiger partial charge is 0.483 e. The van der Waals surface area contributed by atoms with Crippen LogP contribution in [0.3, 0.4) is 0 Å². The summed E-state index contributed by atoms with van der Waals surface area (Å²) in [5.74, 6) is -0.397. The standard InChI is InChI=1S/C15H21FN2O2.CH2O2/c1-17(2)10-15(20)6-7-18(11-15)14(19)9-12-4-3-5-13(16)8-12;2-1-3/h3-5,8,20H,6-7,9-11H2,1-2H3;1H,(H,2,3). The summed E-state index contributed by atoms with van der Waals surface area (Å²) in [6, 6.07) is 6.08. The number of hydrogen-bond donors (Lipinski definition) is 2. The van der Waals surface area contributed by atoms with Gasteiger partial charge in [-0.15, -0.1) is 0 Å². The molecule has 1 aliphatic rings. The molecule has 0 saturated carbocycles. The first-order valence-electron chi connectivity index (χ1n) is 7.27. The zero-order valence-corrected chi connectivity index (χ0v) is 13.4. The van der Waals surface area contributed by atoms with Crippen molar-refractivity contribution in [2.24, 2.45) is 0 Å². The van der Waals surface area contributed by atoms with Crippen LogP contribution in [0.25, 0.3) is 0 Å². The minimum atomic E-state index is -0.832. The number of nitrogens with zero attached hydrogens (tertiary/aromatic N) is 2. The Bertz CT molecular complexity index is 539. The van der Waals surface area contributed by atoms with Gasteiger partial charge in [-0.25, -0.2) is 4.39 Å². The lowest BCUT2D eigenvalue weighted by molar-refractivity contribution is -0.130. The molecule has 1 aromatic rings. The van der Waals surface area contributed by atoms with Crippen molar-refractivity contribution in [2.45, 2.75) is 18.4 Å². The van der Waals surface area contributed by atoms with Gasteiger partial charge in [-0.1, -0.05) is 12.1 Å². The number of β-amino-alcohol motifs (C(OH)–C–C–N with tert-alkyl or cyclic N) is 1. The van der Waals surface area contributed by atoms with Gasteiger partial charge in [-0.05, 0) is 38.2 Å². The number of carbonyl (C=O) groups excluding carboxylic acids is 1. The van der Waals surface area contributed by atoms with Crippen LogP contribution in [-0.2, 0) is 16.0 Å². The average Bonchev–Trinajstić information content (AvgIpc) is 2.81. The molecule has 1 unspecified atom stereocenters. The van der Waals surface area contributed by atoms with Gasteiger partial charge in [0.2, 0.25) is 5.91 Å². The van der Waals surface area contributed by atoms with Crippen LogP contribution in [0.15, 0.2) is 24.3 Å². The Labute approximate surface area is 135 Å². The van der Waals surface area contributed by atoms with Crippen LogP contribution in [0, 0.1) is 5.82 Å². The highest BCUT2D eigenvalue weighted by Crippen LogP contribution is 2.22. The van der Waals surface area contributed by atoms with E-state index >= 15 is 0 Å². The zero-order valence-electron chi connectivity index (χ0n) is 13.4. The Hall–Kier alpha value is -1.99. The molecule has 0 aliphatic carbocycles. The van der Waals surface area contributed by atoms with Gasteiger partial charge >= 0.3 is 0 Å². The van der Waals surface area contributed by atoms with E-state index in [1.54, 1.807) is 17.0 Å². The maximum absolute atomic E-state index is 13.1. The van der Waals surface area contributed by atoms with E-state index in [4.69, 9.17) is 9.90 Å². The predicted molar refractivity (Wildman–Crippen MR) is 83.5 cm³/mol. The van der Waals surface area contributed by atoms with Gasteiger partial charge in [-0.3, -0.25) is 9.59 Å². The lowest BCUT2D eigenvalue weighted by Crippen LogP contribution is -2.43. The highest BCUT2D eigenvalue weighted by atomic mass is 19.1. The van der Waals surface area contributed by atoms with E-state index in [2.05, 4.69) is 0 Å². The average molecular weight is 326 g/mol. The molecule has 2 N–H and O–H groups in total. The number of likely N-dealkylation sites (N-methyl/N-ethyl adjacent to an activating group) is 1. The number of halogens is 1. The number of aliphatic hydroxyl groups is 1. The lowest BCUT2D eigenvalue weighted by atomic mass is 10.0. The van der Waals surface area contributed by atoms with Crippen molar-refractivity contribution in [3.05, 3.63) is 35.6 Å². The van der Waals surface area contributed by atoms with Gasteiger partial charge in [0.25, 0.3) is 6.47 Å². The van der Waals surface area contributed by atoms with Crippen LogP contribution in [0.1, 0.15) is 12.0 Å². The number of rotatable bonds is 4. The molecule has 2 rings (SSSR count). The Morgan fingerprint density at radius 1 is 1.48 bits per heavy atom. The normalized spacial score (nSPS) is 20.1. The van der Waals surface area contributed by atoms with Crippen molar-refractivity contribution in [1.82, 2.24) is 9.80 Å². The number of amides is 1. The lowest BCUT2D eigenvalue weighted by Gasteiger charge is -2.26. The molecule has 1 amide bonds. The SMILES string of the molecule is CN(C)CC1(O)CCN(C(=O)Cc2cccc(F)c2)C1.O=CO. The number of carboxylic acid groups (broad SMARTS) is 1. The topological polar surface area (TPSA) is 81.1 Å². The molecule has 0 aromatic heterocycles. The summed E-state index contributed by atoms with van der Waals surface area (Å²) < 4.78 is 13.1. The molecule has 1 aromatic carbocycles. The first-order valence-corrected chi connectivity index (χ1v) is 7.27. The monoisotopic (exact) mass is 326 g/mol. The predicted octanol–water partition coefficient (Wildman–Crippen LogP) is 0.594. The first-order chi connectivity index (χ1) is 10.8. The third kappa shape index (κ3) is 6.33. The van der Waals surface area contributed by atoms with Crippen molar-refractivity contribution in [1.29, 1.82) is 0 Å². The Balaban J connectivity index is 0.000000816. The maximum Gasteiger partial charge on any atom is 0.290 e. The van der Waals surface area contributed by atoms with E-state index in [0.29, 0.717) is 31.6 Å². The number of hydrogen-bond acceptors (Lipinski definition) is 4. The Morgan fingerprint density at radius 3 is 2.70 bits per heavy atom. The number of benzene rings is 1. The molecule has 1 saturated heterocycles. The third-order valence-corrected chi connectivity index (χ3v) is 3.54. The molecule has 1 fully saturated rings. The molecule has 6 nitrogen and oxygen atoms in total. The van der Waals surface area contributed by atoms with Gasteiger partial charge in [0.1, 0.15) is 5.82 Å². The van der Waals surface area contributed by atoms with Crippen LogP contribution >= 0.6 is 0 Å². The quantitative estimate of drug-likeness (QED) is 0.792. The summed E-state index contributed by atoms with van der Waals surface area (Å²) in [7, 11) is 3.80. The first kappa shape index (κ1) is 19.1. The van der Waals surface area contributed by atoms with Gasteiger partial charge in [0.15, 0.2) is 0 Å². The van der Waals surface area contributed by atoms with Crippen LogP contribution in [0.2, 0.25) is 0 Å². The van der Waals surface area contributed by atoms with E-state index in [0.717, 1.165) is 0 Å². The molecule has 0 bridgehead atoms. The fourth-order valence-corrected chi connectivity index (χ4v) is 2.72. The van der Waals surface area contributed by atoms with Gasteiger partial charge < -0.3 is 20.0 Å². The van der Waals surface area contributed by atoms with Crippen LogP contribution in [0.5, 0.6) is 0 Å². The maximum atomic E-state index is 13.1. The van der Waals surface area contributed by atoms with E-state index < -0.39 is 5.60 Å². The van der Waals surface area contributed by atoms with Gasteiger partial charge in [-0.2, -0.15) is 0 Å². The molecule has 0 spiro atoms. The van der Waals surface area contributed by atoms with Crippen molar-refractivity contribution in [3.8, 4) is 0 Å². The summed E-state index contributed by atoms with van der Waals surface area (Å²) >= 11 is 0. The molecular weight excluding hydrogens is 303 g/mol. The minimum Gasteiger partial charge on any atom is -0.483 e. The fraction of sp³-hybridized carbons (Fsp3) is 0.500. The molecule has 0 radical (unpaired) electrons. The van der Waals surface area contributed by atoms with Gasteiger partial charge in [0.05, 0.1) is 18.6 Å². The van der Waals surface area contributed by atoms with Crippen molar-refractivity contribution < 1.29 is 24.2 Å². The minimum absolute atomic E-state index is 0.0646. The second-order valence-electron chi connectivity index (χ2n) is 5.94. The molecule has 1 atom stereocenters. The van der Waals surface area contributed by atoms with Crippen LogP contribution < -0.4 is 0 Å². The van der Waals surface area contributed by atoms with Crippen molar-refractivity contribution >= 4 is 12.4 Å². The summed E-state index contributed by atoms with van der Waals surface area (Å²) in [6.07, 6.45) is 0.760. The third-order valence-electron chi connectivity index (χ3n) is 3.54. The van der Waals surface area contributed by atoms with Crippen LogP contribution in [0.4, 0.5) is 4.39 Å². The highest BCUT2D eigenvalue weighted by Gasteiger charge is 2.38. The Kier molecular flexibility index (Phi) is 7.12.